The highest BCUT2D eigenvalue weighted by Crippen LogP contribution is 2.38. The van der Waals surface area contributed by atoms with Gasteiger partial charge < -0.3 is 22.9 Å². The molecule has 10 heteroatoms. The molecule has 0 saturated carbocycles. The molecule has 0 aromatic rings. The van der Waals surface area contributed by atoms with Crippen LogP contribution < -0.4 is 0 Å². The van der Waals surface area contributed by atoms with E-state index < -0.39 is 51.5 Å². The average Bonchev–Trinajstić information content (AvgIpc) is 2.35. The van der Waals surface area contributed by atoms with E-state index in [9.17, 15) is 14.7 Å². The zero-order chi connectivity index (χ0) is 17.6. The van der Waals surface area contributed by atoms with Gasteiger partial charge in [0.2, 0.25) is 0 Å². The first-order valence-corrected chi connectivity index (χ1v) is 20.2. The fourth-order valence-electron chi connectivity index (χ4n) is 2.83. The van der Waals surface area contributed by atoms with E-state index in [2.05, 4.69) is 26.2 Å². The van der Waals surface area contributed by atoms with E-state index in [1.807, 2.05) is 26.9 Å². The minimum absolute atomic E-state index is 0.0107. The summed E-state index contributed by atoms with van der Waals surface area (Å²) in [5.74, 6) is 0. The molecule has 134 valence electrons. The van der Waals surface area contributed by atoms with E-state index in [4.69, 9.17) is 8.23 Å². The summed E-state index contributed by atoms with van der Waals surface area (Å²) < 4.78 is 11.4. The van der Waals surface area contributed by atoms with E-state index >= 15 is 0 Å². The van der Waals surface area contributed by atoms with Crippen LogP contribution >= 0.6 is 0 Å². The molecule has 5 nitrogen and oxygen atoms in total. The van der Waals surface area contributed by atoms with Crippen molar-refractivity contribution < 1.29 is 22.9 Å². The van der Waals surface area contributed by atoms with E-state index in [1.54, 1.807) is 0 Å². The minimum Gasteiger partial charge on any atom is -0.441 e. The second kappa shape index (κ2) is 10.7. The molecule has 0 aromatic heterocycles. The van der Waals surface area contributed by atoms with Gasteiger partial charge in [-0.05, 0) is 37.3 Å². The van der Waals surface area contributed by atoms with Crippen molar-refractivity contribution in [2.45, 2.75) is 75.9 Å². The lowest BCUT2D eigenvalue weighted by Crippen LogP contribution is -2.43. The largest absolute Gasteiger partial charge is 0.441 e. The molecule has 0 spiro atoms. The summed E-state index contributed by atoms with van der Waals surface area (Å²) in [6.45, 7) is 16.5. The topological polar surface area (TPSA) is 79.2 Å². The molecule has 22 heavy (non-hydrogen) atoms. The molecule has 3 N–H and O–H groups in total. The van der Waals surface area contributed by atoms with Crippen LogP contribution in [0.3, 0.4) is 0 Å². The molecular weight excluding hydrogens is 365 g/mol. The molecule has 0 bridgehead atoms. The average molecular weight is 401 g/mol. The van der Waals surface area contributed by atoms with Gasteiger partial charge in [0.1, 0.15) is 0 Å². The highest BCUT2D eigenvalue weighted by Gasteiger charge is 2.40. The van der Waals surface area contributed by atoms with Gasteiger partial charge in [0.25, 0.3) is 0 Å². The predicted octanol–water partition coefficient (Wildman–Crippen LogP) is 0.410. The van der Waals surface area contributed by atoms with Gasteiger partial charge in [-0.2, -0.15) is 0 Å². The van der Waals surface area contributed by atoms with Gasteiger partial charge in [-0.15, -0.1) is 0 Å². The number of rotatable bonds is 10. The molecule has 0 fully saturated rings. The third-order valence-corrected chi connectivity index (χ3v) is 16.2. The molecule has 6 unspecified atom stereocenters. The molecule has 0 heterocycles. The van der Waals surface area contributed by atoms with Crippen LogP contribution in [0.2, 0.25) is 55.9 Å². The zero-order valence-electron chi connectivity index (χ0n) is 15.4. The smallest absolute Gasteiger partial charge is 0.313 e. The summed E-state index contributed by atoms with van der Waals surface area (Å²) >= 11 is 0. The van der Waals surface area contributed by atoms with E-state index in [0.717, 1.165) is 0 Å². The van der Waals surface area contributed by atoms with Crippen molar-refractivity contribution in [2.75, 3.05) is 0 Å². The Kier molecular flexibility index (Phi) is 11.1. The first-order chi connectivity index (χ1) is 9.98. The maximum absolute atomic E-state index is 10.8. The van der Waals surface area contributed by atoms with Crippen LogP contribution in [0.1, 0.15) is 13.8 Å². The summed E-state index contributed by atoms with van der Waals surface area (Å²) in [5, 5.41) is 10.8. The van der Waals surface area contributed by atoms with E-state index in [0.29, 0.717) is 0 Å². The number of aliphatic hydroxyl groups excluding tert-OH is 1. The quantitative estimate of drug-likeness (QED) is 0.463. The van der Waals surface area contributed by atoms with Crippen LogP contribution in [0.15, 0.2) is 0 Å². The lowest BCUT2D eigenvalue weighted by atomic mass is 10.1. The minimum atomic E-state index is -2.38. The molecule has 0 radical (unpaired) electrons. The standard InChI is InChI=1S/C12H36O5Si5/c1-9(21(14)16-19(5)6)11(13)12(18(3)4)10(2)22(15)17-20(7)8/h9-15,18-22H,1-8H3. The monoisotopic (exact) mass is 400 g/mol. The Morgan fingerprint density at radius 3 is 1.41 bits per heavy atom. The molecular formula is C12H36O5Si5. The van der Waals surface area contributed by atoms with Gasteiger partial charge >= 0.3 is 18.6 Å². The van der Waals surface area contributed by atoms with Crippen LogP contribution in [0.4, 0.5) is 0 Å². The van der Waals surface area contributed by atoms with Gasteiger partial charge in [-0.3, -0.25) is 0 Å². The third kappa shape index (κ3) is 7.64. The maximum Gasteiger partial charge on any atom is 0.313 e. The Morgan fingerprint density at radius 2 is 1.09 bits per heavy atom. The summed E-state index contributed by atoms with van der Waals surface area (Å²) in [4.78, 5) is 20.7. The third-order valence-electron chi connectivity index (χ3n) is 4.03. The Morgan fingerprint density at radius 1 is 0.727 bits per heavy atom. The van der Waals surface area contributed by atoms with Crippen molar-refractivity contribution in [1.29, 1.82) is 0 Å². The van der Waals surface area contributed by atoms with Gasteiger partial charge in [-0.25, -0.2) is 0 Å². The molecule has 0 aromatic carbocycles. The van der Waals surface area contributed by atoms with Gasteiger partial charge in [-0.1, -0.05) is 26.9 Å². The fraction of sp³-hybridized carbons (Fsp3) is 1.00. The summed E-state index contributed by atoms with van der Waals surface area (Å²) in [5.41, 5.74) is -0.143. The van der Waals surface area contributed by atoms with E-state index in [-0.39, 0.29) is 16.6 Å². The van der Waals surface area contributed by atoms with Crippen LogP contribution in [-0.4, -0.2) is 66.2 Å². The highest BCUT2D eigenvalue weighted by molar-refractivity contribution is 6.65. The van der Waals surface area contributed by atoms with Crippen molar-refractivity contribution in [2.24, 2.45) is 0 Å². The highest BCUT2D eigenvalue weighted by atomic mass is 28.4. The number of aliphatic hydroxyl groups is 1. The molecule has 0 aliphatic rings. The van der Waals surface area contributed by atoms with Crippen molar-refractivity contribution in [3.05, 3.63) is 0 Å². The van der Waals surface area contributed by atoms with Crippen molar-refractivity contribution in [3.63, 3.8) is 0 Å². The normalized spacial score (nSPS) is 21.0. The Hall–Kier alpha value is 0.884. The predicted molar refractivity (Wildman–Crippen MR) is 106 cm³/mol. The first kappa shape index (κ1) is 22.9. The molecule has 6 atom stereocenters. The summed E-state index contributed by atoms with van der Waals surface area (Å²) in [6, 6.07) is 0. The SMILES string of the molecule is CC(C(O)C(C(C)[SiH](O)O[SiH](C)C)[SiH](C)C)[SiH](O)O[SiH](C)C. The summed E-state index contributed by atoms with van der Waals surface area (Å²) in [7, 11) is -8.43. The number of hydrogen-bond acceptors (Lipinski definition) is 5. The van der Waals surface area contributed by atoms with Gasteiger partial charge in [0, 0.05) is 14.3 Å². The van der Waals surface area contributed by atoms with Gasteiger partial charge in [0.05, 0.1) is 6.10 Å². The molecule has 0 rings (SSSR count). The first-order valence-electron chi connectivity index (χ1n) is 8.34. The molecule has 0 amide bonds. The molecule has 0 aliphatic heterocycles. The van der Waals surface area contributed by atoms with Crippen molar-refractivity contribution >= 4 is 45.4 Å². The molecule has 0 saturated heterocycles. The van der Waals surface area contributed by atoms with Crippen molar-refractivity contribution in [1.82, 2.24) is 0 Å². The Labute approximate surface area is 144 Å². The lowest BCUT2D eigenvalue weighted by Gasteiger charge is -2.37. The fourth-order valence-corrected chi connectivity index (χ4v) is 15.0. The van der Waals surface area contributed by atoms with Crippen LogP contribution in [-0.2, 0) is 8.23 Å². The zero-order valence-corrected chi connectivity index (χ0v) is 21.1. The maximum atomic E-state index is 10.8. The van der Waals surface area contributed by atoms with Crippen LogP contribution in [0, 0.1) is 0 Å². The van der Waals surface area contributed by atoms with E-state index in [1.165, 1.54) is 0 Å². The molecule has 0 aliphatic carbocycles. The Balaban J connectivity index is 4.99. The number of hydrogen-bond donors (Lipinski definition) is 3. The Bertz CT molecular complexity index is 308. The summed E-state index contributed by atoms with van der Waals surface area (Å²) in [6.07, 6.45) is -0.601. The second-order valence-electron chi connectivity index (χ2n) is 7.18. The second-order valence-corrected chi connectivity index (χ2v) is 20.5. The van der Waals surface area contributed by atoms with Crippen LogP contribution in [0.5, 0.6) is 0 Å². The van der Waals surface area contributed by atoms with Crippen molar-refractivity contribution in [3.8, 4) is 0 Å². The van der Waals surface area contributed by atoms with Gasteiger partial charge in [0.15, 0.2) is 18.1 Å². The van der Waals surface area contributed by atoms with Crippen LogP contribution in [0.25, 0.3) is 0 Å². The lowest BCUT2D eigenvalue weighted by molar-refractivity contribution is 0.142.